The molecule has 0 radical (unpaired) electrons. The van der Waals surface area contributed by atoms with Gasteiger partial charge in [0.05, 0.1) is 18.1 Å². The van der Waals surface area contributed by atoms with Gasteiger partial charge in [0.15, 0.2) is 0 Å². The molecule has 2 heterocycles. The summed E-state index contributed by atoms with van der Waals surface area (Å²) in [6.45, 7) is 6.16. The summed E-state index contributed by atoms with van der Waals surface area (Å²) in [4.78, 5) is 26.1. The molecule has 2 aliphatic carbocycles. The standard InChI is InChI=1S/C20H19N5O2/c1-12(2)20(16-8-9-17(20)15-11-22-21-10-14(15)16)25-19(27)24(18(26)23-25)13-6-4-3-5-7-13/h3-7,10-11,16-17H,1,8-9H2,2H3,(H,23,26). The van der Waals surface area contributed by atoms with Crippen LogP contribution in [0.25, 0.3) is 5.69 Å². The van der Waals surface area contributed by atoms with Crippen molar-refractivity contribution < 1.29 is 0 Å². The summed E-state index contributed by atoms with van der Waals surface area (Å²) in [6, 6.07) is 8.96. The number of para-hydroxylation sites is 1. The Hall–Kier alpha value is -3.22. The van der Waals surface area contributed by atoms with Gasteiger partial charge < -0.3 is 0 Å². The summed E-state index contributed by atoms with van der Waals surface area (Å²) in [7, 11) is 0. The molecule has 1 fully saturated rings. The third-order valence-corrected chi connectivity index (χ3v) is 6.21. The lowest BCUT2D eigenvalue weighted by Crippen LogP contribution is -2.45. The first kappa shape index (κ1) is 16.0. The molecule has 2 atom stereocenters. The van der Waals surface area contributed by atoms with Crippen LogP contribution in [0.1, 0.15) is 42.7 Å². The Morgan fingerprint density at radius 1 is 1.11 bits per heavy atom. The number of nitrogens with zero attached hydrogens (tertiary/aromatic N) is 4. The molecular formula is C20H19N5O2. The Morgan fingerprint density at radius 2 is 1.70 bits per heavy atom. The summed E-state index contributed by atoms with van der Waals surface area (Å²) >= 11 is 0. The highest BCUT2D eigenvalue weighted by Gasteiger charge is 2.60. The van der Waals surface area contributed by atoms with Crippen LogP contribution >= 0.6 is 0 Å². The minimum absolute atomic E-state index is 0.0467. The predicted octanol–water partition coefficient (Wildman–Crippen LogP) is 2.06. The van der Waals surface area contributed by atoms with E-state index in [-0.39, 0.29) is 17.5 Å². The SMILES string of the molecule is C=C(C)C1(n2[nH]c(=O)n(-c3ccccc3)c2=O)C2CCC1c1cnncc12. The van der Waals surface area contributed by atoms with Crippen LogP contribution in [0.3, 0.4) is 0 Å². The van der Waals surface area contributed by atoms with Gasteiger partial charge in [-0.3, -0.25) is 0 Å². The zero-order valence-electron chi connectivity index (χ0n) is 14.9. The molecule has 2 aliphatic rings. The fourth-order valence-electron chi connectivity index (χ4n) is 5.26. The van der Waals surface area contributed by atoms with Crippen LogP contribution in [0.4, 0.5) is 0 Å². The maximum Gasteiger partial charge on any atom is 0.352 e. The van der Waals surface area contributed by atoms with Gasteiger partial charge in [0.25, 0.3) is 0 Å². The molecule has 0 spiro atoms. The zero-order chi connectivity index (χ0) is 18.8. The molecule has 0 amide bonds. The van der Waals surface area contributed by atoms with Crippen molar-refractivity contribution in [3.63, 3.8) is 0 Å². The van der Waals surface area contributed by atoms with Crippen LogP contribution in [0.2, 0.25) is 0 Å². The first-order valence-corrected chi connectivity index (χ1v) is 9.03. The molecule has 27 heavy (non-hydrogen) atoms. The van der Waals surface area contributed by atoms with E-state index in [9.17, 15) is 9.59 Å². The number of benzene rings is 1. The summed E-state index contributed by atoms with van der Waals surface area (Å²) in [5.74, 6) is 0.0935. The largest absolute Gasteiger partial charge is 0.352 e. The number of nitrogens with one attached hydrogen (secondary N) is 1. The lowest BCUT2D eigenvalue weighted by molar-refractivity contribution is 0.269. The van der Waals surface area contributed by atoms with Crippen LogP contribution in [-0.2, 0) is 5.54 Å². The van der Waals surface area contributed by atoms with Gasteiger partial charge in [0.2, 0.25) is 0 Å². The molecule has 0 aliphatic heterocycles. The molecule has 1 saturated carbocycles. The van der Waals surface area contributed by atoms with E-state index in [1.54, 1.807) is 36.7 Å². The second-order valence-corrected chi connectivity index (χ2v) is 7.39. The van der Waals surface area contributed by atoms with E-state index in [1.807, 2.05) is 13.0 Å². The van der Waals surface area contributed by atoms with Crippen LogP contribution in [0, 0.1) is 0 Å². The number of rotatable bonds is 3. The molecule has 7 nitrogen and oxygen atoms in total. The number of aromatic nitrogens is 5. The third kappa shape index (κ3) is 1.86. The first-order chi connectivity index (χ1) is 13.1. The van der Waals surface area contributed by atoms with E-state index < -0.39 is 11.2 Å². The van der Waals surface area contributed by atoms with Gasteiger partial charge >= 0.3 is 11.4 Å². The number of aromatic amines is 1. The fourth-order valence-corrected chi connectivity index (χ4v) is 5.26. The Balaban J connectivity index is 1.79. The van der Waals surface area contributed by atoms with Crippen LogP contribution in [0.5, 0.6) is 0 Å². The third-order valence-electron chi connectivity index (χ3n) is 6.21. The van der Waals surface area contributed by atoms with Gasteiger partial charge in [-0.2, -0.15) is 10.2 Å². The highest BCUT2D eigenvalue weighted by Crippen LogP contribution is 2.64. The monoisotopic (exact) mass is 361 g/mol. The second kappa shape index (κ2) is 5.39. The van der Waals surface area contributed by atoms with Gasteiger partial charge in [0.1, 0.15) is 5.54 Å². The summed E-state index contributed by atoms with van der Waals surface area (Å²) in [5, 5.41) is 10.9. The zero-order valence-corrected chi connectivity index (χ0v) is 14.9. The Kier molecular flexibility index (Phi) is 3.19. The smallest absolute Gasteiger partial charge is 0.246 e. The van der Waals surface area contributed by atoms with Crippen molar-refractivity contribution in [1.29, 1.82) is 0 Å². The van der Waals surface area contributed by atoms with Gasteiger partial charge in [-0.05, 0) is 43.0 Å². The molecule has 2 unspecified atom stereocenters. The molecule has 1 N–H and O–H groups in total. The maximum absolute atomic E-state index is 13.4. The number of fused-ring (bicyclic) bond motifs is 5. The van der Waals surface area contributed by atoms with Gasteiger partial charge in [0, 0.05) is 11.8 Å². The van der Waals surface area contributed by atoms with Gasteiger partial charge in [-0.1, -0.05) is 30.4 Å². The van der Waals surface area contributed by atoms with E-state index in [1.165, 1.54) is 9.25 Å². The molecule has 5 rings (SSSR count). The number of allylic oxidation sites excluding steroid dienone is 1. The molecule has 2 bridgehead atoms. The molecule has 2 aromatic heterocycles. The number of H-pyrrole nitrogens is 1. The fraction of sp³-hybridized carbons (Fsp3) is 0.300. The van der Waals surface area contributed by atoms with E-state index >= 15 is 0 Å². The van der Waals surface area contributed by atoms with Crippen LogP contribution in [0.15, 0.2) is 64.5 Å². The van der Waals surface area contributed by atoms with Crippen molar-refractivity contribution >= 4 is 0 Å². The number of hydrogen-bond acceptors (Lipinski definition) is 4. The first-order valence-electron chi connectivity index (χ1n) is 9.03. The summed E-state index contributed by atoms with van der Waals surface area (Å²) < 4.78 is 2.69. The highest BCUT2D eigenvalue weighted by atomic mass is 16.2. The van der Waals surface area contributed by atoms with E-state index in [0.717, 1.165) is 29.5 Å². The van der Waals surface area contributed by atoms with Crippen molar-refractivity contribution in [3.8, 4) is 5.69 Å². The minimum Gasteiger partial charge on any atom is -0.246 e. The van der Waals surface area contributed by atoms with Crippen molar-refractivity contribution in [1.82, 2.24) is 24.5 Å². The van der Waals surface area contributed by atoms with E-state index in [2.05, 4.69) is 21.9 Å². The van der Waals surface area contributed by atoms with Crippen LogP contribution in [-0.4, -0.2) is 24.5 Å². The maximum atomic E-state index is 13.4. The normalized spacial score (nSPS) is 25.5. The average molecular weight is 361 g/mol. The quantitative estimate of drug-likeness (QED) is 0.724. The highest BCUT2D eigenvalue weighted by molar-refractivity contribution is 5.49. The topological polar surface area (TPSA) is 85.6 Å². The van der Waals surface area contributed by atoms with Gasteiger partial charge in [-0.15, -0.1) is 0 Å². The molecule has 3 aromatic rings. The van der Waals surface area contributed by atoms with Gasteiger partial charge in [-0.25, -0.2) is 23.9 Å². The van der Waals surface area contributed by atoms with Crippen molar-refractivity contribution in [2.45, 2.75) is 37.1 Å². The van der Waals surface area contributed by atoms with Crippen molar-refractivity contribution in [3.05, 3.63) is 87.0 Å². The lowest BCUT2D eigenvalue weighted by atomic mass is 9.79. The Morgan fingerprint density at radius 3 is 2.26 bits per heavy atom. The van der Waals surface area contributed by atoms with E-state index in [4.69, 9.17) is 0 Å². The van der Waals surface area contributed by atoms with Crippen molar-refractivity contribution in [2.75, 3.05) is 0 Å². The molecule has 1 aromatic carbocycles. The van der Waals surface area contributed by atoms with Crippen LogP contribution < -0.4 is 11.4 Å². The molecule has 0 saturated heterocycles. The summed E-state index contributed by atoms with van der Waals surface area (Å²) in [5.41, 5.74) is 2.09. The molecular weight excluding hydrogens is 342 g/mol. The second-order valence-electron chi connectivity index (χ2n) is 7.39. The van der Waals surface area contributed by atoms with Crippen molar-refractivity contribution in [2.24, 2.45) is 0 Å². The predicted molar refractivity (Wildman–Crippen MR) is 100 cm³/mol. The number of hydrogen-bond donors (Lipinski definition) is 1. The molecule has 136 valence electrons. The lowest BCUT2D eigenvalue weighted by Gasteiger charge is -2.35. The minimum atomic E-state index is -0.691. The molecule has 7 heteroatoms. The Bertz CT molecular complexity index is 1140. The average Bonchev–Trinajstić information content (AvgIpc) is 3.30. The van der Waals surface area contributed by atoms with E-state index in [0.29, 0.717) is 5.69 Å². The Labute approximate surface area is 155 Å². The summed E-state index contributed by atoms with van der Waals surface area (Å²) in [6.07, 6.45) is 5.41.